The zero-order valence-corrected chi connectivity index (χ0v) is 14.9. The first kappa shape index (κ1) is 19.3. The van der Waals surface area contributed by atoms with Crippen molar-refractivity contribution in [3.8, 4) is 0 Å². The van der Waals surface area contributed by atoms with Gasteiger partial charge in [-0.05, 0) is 24.5 Å². The second-order valence-electron chi connectivity index (χ2n) is 6.75. The zero-order valence-electron chi connectivity index (χ0n) is 14.9. The number of hydrogen-bond donors (Lipinski definition) is 0. The fourth-order valence-corrected chi connectivity index (χ4v) is 3.11. The highest BCUT2D eigenvalue weighted by Crippen LogP contribution is 2.13. The van der Waals surface area contributed by atoms with Crippen molar-refractivity contribution >= 4 is 0 Å². The molecule has 0 fully saturated rings. The van der Waals surface area contributed by atoms with Crippen molar-refractivity contribution in [2.45, 2.75) is 103 Å². The van der Waals surface area contributed by atoms with Crippen LogP contribution in [0.25, 0.3) is 0 Å². The SMILES string of the molecule is CCCCCCCCCCCCCCCCc1cc[c]cc1. The minimum absolute atomic E-state index is 1.24. The summed E-state index contributed by atoms with van der Waals surface area (Å²) in [6, 6.07) is 11.5. The number of unbranched alkanes of at least 4 members (excludes halogenated alkanes) is 13. The summed E-state index contributed by atoms with van der Waals surface area (Å²) in [5.41, 5.74) is 1.47. The summed E-state index contributed by atoms with van der Waals surface area (Å²) < 4.78 is 0. The second kappa shape index (κ2) is 15.1. The molecule has 0 aliphatic rings. The molecule has 0 aliphatic heterocycles. The van der Waals surface area contributed by atoms with Crippen molar-refractivity contribution in [3.63, 3.8) is 0 Å². The molecule has 0 aromatic heterocycles. The van der Waals surface area contributed by atoms with Gasteiger partial charge in [0.05, 0.1) is 0 Å². The van der Waals surface area contributed by atoms with E-state index in [-0.39, 0.29) is 0 Å². The minimum Gasteiger partial charge on any atom is -0.0654 e. The maximum atomic E-state index is 3.08. The predicted octanol–water partition coefficient (Wildman–Crippen LogP) is 7.51. The topological polar surface area (TPSA) is 0 Å². The van der Waals surface area contributed by atoms with E-state index in [0.29, 0.717) is 0 Å². The Morgan fingerprint density at radius 2 is 1.00 bits per heavy atom. The van der Waals surface area contributed by atoms with E-state index in [0.717, 1.165) is 0 Å². The third kappa shape index (κ3) is 11.8. The quantitative estimate of drug-likeness (QED) is 0.294. The van der Waals surface area contributed by atoms with Crippen molar-refractivity contribution in [1.82, 2.24) is 0 Å². The molecule has 0 unspecified atom stereocenters. The molecule has 0 bridgehead atoms. The molecule has 1 aromatic rings. The fraction of sp³-hybridized carbons (Fsp3) is 0.727. The average molecular weight is 302 g/mol. The Morgan fingerprint density at radius 3 is 1.45 bits per heavy atom. The van der Waals surface area contributed by atoms with Gasteiger partial charge in [0.25, 0.3) is 0 Å². The zero-order chi connectivity index (χ0) is 15.7. The van der Waals surface area contributed by atoms with E-state index < -0.39 is 0 Å². The summed E-state index contributed by atoms with van der Waals surface area (Å²) >= 11 is 0. The van der Waals surface area contributed by atoms with Crippen molar-refractivity contribution in [2.24, 2.45) is 0 Å². The summed E-state index contributed by atoms with van der Waals surface area (Å²) in [5.74, 6) is 0. The van der Waals surface area contributed by atoms with Crippen LogP contribution < -0.4 is 0 Å². The minimum atomic E-state index is 1.24. The van der Waals surface area contributed by atoms with Crippen LogP contribution in [0.15, 0.2) is 24.3 Å². The van der Waals surface area contributed by atoms with Gasteiger partial charge in [0.15, 0.2) is 0 Å². The molecule has 0 nitrogen and oxygen atoms in total. The number of aryl methyl sites for hydroxylation is 1. The lowest BCUT2D eigenvalue weighted by molar-refractivity contribution is 0.535. The van der Waals surface area contributed by atoms with Gasteiger partial charge in [-0.15, -0.1) is 0 Å². The van der Waals surface area contributed by atoms with Gasteiger partial charge < -0.3 is 0 Å². The smallest absolute Gasteiger partial charge is 0.0184 e. The molecule has 0 amide bonds. The molecule has 1 radical (unpaired) electrons. The van der Waals surface area contributed by atoms with Crippen molar-refractivity contribution in [1.29, 1.82) is 0 Å². The van der Waals surface area contributed by atoms with Crippen LogP contribution in [0.3, 0.4) is 0 Å². The Hall–Kier alpha value is -0.780. The summed E-state index contributed by atoms with van der Waals surface area (Å²) in [7, 11) is 0. The van der Waals surface area contributed by atoms with E-state index >= 15 is 0 Å². The maximum absolute atomic E-state index is 3.08. The van der Waals surface area contributed by atoms with E-state index in [1.54, 1.807) is 0 Å². The Labute approximate surface area is 139 Å². The molecule has 125 valence electrons. The summed E-state index contributed by atoms with van der Waals surface area (Å²) in [4.78, 5) is 0. The molecular formula is C22H37. The van der Waals surface area contributed by atoms with E-state index in [4.69, 9.17) is 0 Å². The van der Waals surface area contributed by atoms with Gasteiger partial charge in [-0.3, -0.25) is 0 Å². The largest absolute Gasteiger partial charge is 0.0654 e. The number of benzene rings is 1. The molecule has 0 aliphatic carbocycles. The first-order valence-corrected chi connectivity index (χ1v) is 9.88. The molecule has 1 rings (SSSR count). The fourth-order valence-electron chi connectivity index (χ4n) is 3.11. The monoisotopic (exact) mass is 301 g/mol. The predicted molar refractivity (Wildman–Crippen MR) is 99.3 cm³/mol. The van der Waals surface area contributed by atoms with Crippen LogP contribution in [0.4, 0.5) is 0 Å². The van der Waals surface area contributed by atoms with Crippen LogP contribution in [0.5, 0.6) is 0 Å². The highest BCUT2D eigenvalue weighted by Gasteiger charge is 1.95. The highest BCUT2D eigenvalue weighted by atomic mass is 14.0. The Kier molecular flexibility index (Phi) is 13.2. The number of hydrogen-bond acceptors (Lipinski definition) is 0. The molecule has 0 atom stereocenters. The summed E-state index contributed by atoms with van der Waals surface area (Å²) in [5, 5.41) is 0. The van der Waals surface area contributed by atoms with Crippen LogP contribution in [0, 0.1) is 6.07 Å². The molecule has 22 heavy (non-hydrogen) atoms. The average Bonchev–Trinajstić information content (AvgIpc) is 2.56. The Bertz CT molecular complexity index is 314. The Balaban J connectivity index is 1.73. The lowest BCUT2D eigenvalue weighted by Gasteiger charge is -2.03. The van der Waals surface area contributed by atoms with Gasteiger partial charge in [-0.25, -0.2) is 0 Å². The molecule has 0 N–H and O–H groups in total. The number of rotatable bonds is 15. The first-order valence-electron chi connectivity index (χ1n) is 9.88. The van der Waals surface area contributed by atoms with Crippen molar-refractivity contribution in [2.75, 3.05) is 0 Å². The van der Waals surface area contributed by atoms with Gasteiger partial charge in [0.1, 0.15) is 0 Å². The summed E-state index contributed by atoms with van der Waals surface area (Å²) in [6.07, 6.45) is 21.4. The third-order valence-corrected chi connectivity index (χ3v) is 4.61. The lowest BCUT2D eigenvalue weighted by atomic mass is 10.0. The Morgan fingerprint density at radius 1 is 0.591 bits per heavy atom. The van der Waals surface area contributed by atoms with Crippen LogP contribution >= 0.6 is 0 Å². The van der Waals surface area contributed by atoms with Gasteiger partial charge in [-0.1, -0.05) is 115 Å². The maximum Gasteiger partial charge on any atom is -0.0184 e. The van der Waals surface area contributed by atoms with E-state index in [2.05, 4.69) is 25.1 Å². The highest BCUT2D eigenvalue weighted by molar-refractivity contribution is 5.13. The third-order valence-electron chi connectivity index (χ3n) is 4.61. The molecule has 0 heteroatoms. The van der Waals surface area contributed by atoms with Gasteiger partial charge >= 0.3 is 0 Å². The van der Waals surface area contributed by atoms with Crippen LogP contribution in [-0.4, -0.2) is 0 Å². The van der Waals surface area contributed by atoms with Crippen LogP contribution in [0.1, 0.15) is 102 Å². The molecule has 1 aromatic carbocycles. The van der Waals surface area contributed by atoms with E-state index in [1.165, 1.54) is 102 Å². The van der Waals surface area contributed by atoms with Crippen LogP contribution in [-0.2, 0) is 6.42 Å². The molecule has 0 spiro atoms. The standard InChI is InChI=1S/C22H37/c1-2-3-4-5-6-7-8-9-10-11-12-13-14-16-19-22-20-17-15-18-21-22/h17-18,20-21H,2-14,16,19H2,1H3. The van der Waals surface area contributed by atoms with E-state index in [9.17, 15) is 0 Å². The van der Waals surface area contributed by atoms with Gasteiger partial charge in [0.2, 0.25) is 0 Å². The molecule has 0 heterocycles. The lowest BCUT2D eigenvalue weighted by Crippen LogP contribution is -1.86. The van der Waals surface area contributed by atoms with Gasteiger partial charge in [-0.2, -0.15) is 0 Å². The van der Waals surface area contributed by atoms with Crippen LogP contribution in [0.2, 0.25) is 0 Å². The van der Waals surface area contributed by atoms with E-state index in [1.807, 2.05) is 12.1 Å². The van der Waals surface area contributed by atoms with Gasteiger partial charge in [0, 0.05) is 0 Å². The van der Waals surface area contributed by atoms with Crippen molar-refractivity contribution < 1.29 is 0 Å². The molecule has 0 saturated heterocycles. The first-order chi connectivity index (χ1) is 10.9. The molecule has 0 saturated carbocycles. The normalized spacial score (nSPS) is 11.0. The molecular weight excluding hydrogens is 264 g/mol. The second-order valence-corrected chi connectivity index (χ2v) is 6.75. The summed E-state index contributed by atoms with van der Waals surface area (Å²) in [6.45, 7) is 2.29. The van der Waals surface area contributed by atoms with Crippen molar-refractivity contribution in [3.05, 3.63) is 35.9 Å².